The molecular formula is C20H25N5O2S. The molecule has 0 bridgehead atoms. The van der Waals surface area contributed by atoms with Gasteiger partial charge in [0.25, 0.3) is 5.56 Å². The van der Waals surface area contributed by atoms with Crippen LogP contribution in [0.25, 0.3) is 0 Å². The lowest BCUT2D eigenvalue weighted by Crippen LogP contribution is -2.50. The highest BCUT2D eigenvalue weighted by Crippen LogP contribution is 2.17. The molecule has 1 amide bonds. The van der Waals surface area contributed by atoms with Crippen molar-refractivity contribution in [1.82, 2.24) is 14.7 Å². The number of rotatable bonds is 4. The van der Waals surface area contributed by atoms with Crippen molar-refractivity contribution in [2.24, 2.45) is 0 Å². The van der Waals surface area contributed by atoms with Gasteiger partial charge < -0.3 is 14.7 Å². The maximum absolute atomic E-state index is 12.7. The Balaban J connectivity index is 1.38. The van der Waals surface area contributed by atoms with Crippen molar-refractivity contribution >= 4 is 29.2 Å². The lowest BCUT2D eigenvalue weighted by Gasteiger charge is -2.36. The standard InChI is InChI=1S/C20H25N5O2S/c26-19-7-6-18(23-12-14-28-15-13-23)21-25(19)16-20(27)24-10-8-22(9-11-24)17-4-2-1-3-5-17/h1-7H,8-16H2. The molecule has 7 nitrogen and oxygen atoms in total. The summed E-state index contributed by atoms with van der Waals surface area (Å²) in [4.78, 5) is 31.2. The van der Waals surface area contributed by atoms with Gasteiger partial charge in [0.05, 0.1) is 0 Å². The average Bonchev–Trinajstić information content (AvgIpc) is 2.76. The largest absolute Gasteiger partial charge is 0.368 e. The van der Waals surface area contributed by atoms with Crippen molar-refractivity contribution in [3.63, 3.8) is 0 Å². The summed E-state index contributed by atoms with van der Waals surface area (Å²) >= 11 is 1.93. The number of hydrogen-bond acceptors (Lipinski definition) is 6. The molecule has 0 radical (unpaired) electrons. The minimum absolute atomic E-state index is 0.000596. The fourth-order valence-corrected chi connectivity index (χ4v) is 4.50. The number of aromatic nitrogens is 2. The van der Waals surface area contributed by atoms with Crippen molar-refractivity contribution in [1.29, 1.82) is 0 Å². The first-order valence-electron chi connectivity index (χ1n) is 9.69. The molecule has 0 atom stereocenters. The van der Waals surface area contributed by atoms with Gasteiger partial charge >= 0.3 is 0 Å². The summed E-state index contributed by atoms with van der Waals surface area (Å²) in [7, 11) is 0. The van der Waals surface area contributed by atoms with Crippen LogP contribution in [0, 0.1) is 0 Å². The molecule has 2 fully saturated rings. The number of carbonyl (C=O) groups excluding carboxylic acids is 1. The van der Waals surface area contributed by atoms with Gasteiger partial charge in [0.1, 0.15) is 12.4 Å². The molecule has 4 rings (SSSR count). The van der Waals surface area contributed by atoms with Crippen molar-refractivity contribution in [3.8, 4) is 0 Å². The van der Waals surface area contributed by atoms with E-state index in [2.05, 4.69) is 27.0 Å². The zero-order valence-electron chi connectivity index (χ0n) is 15.9. The van der Waals surface area contributed by atoms with Crippen LogP contribution in [0.1, 0.15) is 0 Å². The second-order valence-corrected chi connectivity index (χ2v) is 8.21. The smallest absolute Gasteiger partial charge is 0.267 e. The van der Waals surface area contributed by atoms with Gasteiger partial charge in [0, 0.05) is 62.5 Å². The molecule has 28 heavy (non-hydrogen) atoms. The van der Waals surface area contributed by atoms with Gasteiger partial charge in [0.15, 0.2) is 0 Å². The van der Waals surface area contributed by atoms with Gasteiger partial charge in [-0.25, -0.2) is 4.68 Å². The van der Waals surface area contributed by atoms with Gasteiger partial charge in [-0.05, 0) is 18.2 Å². The van der Waals surface area contributed by atoms with Crippen LogP contribution >= 0.6 is 11.8 Å². The molecule has 3 heterocycles. The van der Waals surface area contributed by atoms with Crippen LogP contribution < -0.4 is 15.4 Å². The van der Waals surface area contributed by atoms with E-state index < -0.39 is 0 Å². The van der Waals surface area contributed by atoms with E-state index in [0.29, 0.717) is 13.1 Å². The first-order valence-corrected chi connectivity index (χ1v) is 10.8. The zero-order valence-corrected chi connectivity index (χ0v) is 16.7. The van der Waals surface area contributed by atoms with E-state index in [4.69, 9.17) is 0 Å². The van der Waals surface area contributed by atoms with E-state index in [9.17, 15) is 9.59 Å². The maximum atomic E-state index is 12.7. The molecule has 0 spiro atoms. The van der Waals surface area contributed by atoms with Crippen LogP contribution in [0.3, 0.4) is 0 Å². The van der Waals surface area contributed by atoms with E-state index in [1.165, 1.54) is 16.4 Å². The molecule has 0 saturated carbocycles. The predicted octanol–water partition coefficient (Wildman–Crippen LogP) is 1.15. The third-order valence-electron chi connectivity index (χ3n) is 5.23. The quantitative estimate of drug-likeness (QED) is 0.769. The predicted molar refractivity (Wildman–Crippen MR) is 113 cm³/mol. The van der Waals surface area contributed by atoms with Crippen LogP contribution in [0.4, 0.5) is 11.5 Å². The molecule has 0 unspecified atom stereocenters. The van der Waals surface area contributed by atoms with E-state index in [0.717, 1.165) is 43.5 Å². The Kier molecular flexibility index (Phi) is 5.85. The molecule has 1 aromatic heterocycles. The molecule has 2 saturated heterocycles. The number of anilines is 2. The number of para-hydroxylation sites is 1. The van der Waals surface area contributed by atoms with Gasteiger partial charge in [-0.15, -0.1) is 0 Å². The second kappa shape index (κ2) is 8.68. The topological polar surface area (TPSA) is 61.7 Å². The minimum atomic E-state index is -0.230. The highest BCUT2D eigenvalue weighted by Gasteiger charge is 2.22. The molecule has 0 aliphatic carbocycles. The number of amides is 1. The van der Waals surface area contributed by atoms with E-state index in [1.54, 1.807) is 6.07 Å². The van der Waals surface area contributed by atoms with Crippen molar-refractivity contribution in [3.05, 3.63) is 52.8 Å². The molecule has 148 valence electrons. The lowest BCUT2D eigenvalue weighted by atomic mass is 10.2. The van der Waals surface area contributed by atoms with Gasteiger partial charge in [0.2, 0.25) is 5.91 Å². The first-order chi connectivity index (χ1) is 13.7. The summed E-state index contributed by atoms with van der Waals surface area (Å²) in [5.74, 6) is 2.85. The molecule has 0 N–H and O–H groups in total. The summed E-state index contributed by atoms with van der Waals surface area (Å²) in [6, 6.07) is 13.5. The third kappa shape index (κ3) is 4.32. The Morgan fingerprint density at radius 1 is 0.893 bits per heavy atom. The summed E-state index contributed by atoms with van der Waals surface area (Å²) in [6.07, 6.45) is 0. The number of piperazine rings is 1. The maximum Gasteiger partial charge on any atom is 0.267 e. The van der Waals surface area contributed by atoms with Crippen molar-refractivity contribution < 1.29 is 4.79 Å². The summed E-state index contributed by atoms with van der Waals surface area (Å²) < 4.78 is 1.31. The van der Waals surface area contributed by atoms with Crippen LogP contribution in [-0.4, -0.2) is 71.4 Å². The fraction of sp³-hybridized carbons (Fsp3) is 0.450. The number of benzene rings is 1. The van der Waals surface area contributed by atoms with Crippen LogP contribution in [-0.2, 0) is 11.3 Å². The molecule has 2 aliphatic heterocycles. The first kappa shape index (κ1) is 18.9. The average molecular weight is 400 g/mol. The number of carbonyl (C=O) groups is 1. The van der Waals surface area contributed by atoms with E-state index >= 15 is 0 Å². The number of hydrogen-bond donors (Lipinski definition) is 0. The molecule has 8 heteroatoms. The van der Waals surface area contributed by atoms with Crippen LogP contribution in [0.2, 0.25) is 0 Å². The normalized spacial score (nSPS) is 17.6. The van der Waals surface area contributed by atoms with Gasteiger partial charge in [-0.1, -0.05) is 18.2 Å². The summed E-state index contributed by atoms with van der Waals surface area (Å²) in [5.41, 5.74) is 0.950. The Morgan fingerprint density at radius 3 is 2.32 bits per heavy atom. The molecular weight excluding hydrogens is 374 g/mol. The highest BCUT2D eigenvalue weighted by atomic mass is 32.2. The van der Waals surface area contributed by atoms with Gasteiger partial charge in [-0.2, -0.15) is 16.9 Å². The number of nitrogens with zero attached hydrogens (tertiary/aromatic N) is 5. The summed E-state index contributed by atoms with van der Waals surface area (Å²) in [5, 5.41) is 4.46. The zero-order chi connectivity index (χ0) is 19.3. The number of thioether (sulfide) groups is 1. The van der Waals surface area contributed by atoms with Crippen LogP contribution in [0.5, 0.6) is 0 Å². The third-order valence-corrected chi connectivity index (χ3v) is 6.17. The second-order valence-electron chi connectivity index (χ2n) is 6.99. The Labute approximate surface area is 168 Å². The SMILES string of the molecule is O=C(Cn1nc(N2CCSCC2)ccc1=O)N1CCN(c2ccccc2)CC1. The Hall–Kier alpha value is -2.48. The van der Waals surface area contributed by atoms with Crippen molar-refractivity contribution in [2.75, 3.05) is 60.6 Å². The molecule has 2 aliphatic rings. The van der Waals surface area contributed by atoms with E-state index in [-0.39, 0.29) is 18.0 Å². The van der Waals surface area contributed by atoms with E-state index in [1.807, 2.05) is 34.9 Å². The minimum Gasteiger partial charge on any atom is -0.368 e. The lowest BCUT2D eigenvalue weighted by molar-refractivity contribution is -0.132. The molecule has 1 aromatic carbocycles. The van der Waals surface area contributed by atoms with Gasteiger partial charge in [-0.3, -0.25) is 9.59 Å². The Bertz CT molecular complexity index is 858. The molecule has 2 aromatic rings. The highest BCUT2D eigenvalue weighted by molar-refractivity contribution is 7.99. The van der Waals surface area contributed by atoms with Crippen molar-refractivity contribution in [2.45, 2.75) is 6.54 Å². The fourth-order valence-electron chi connectivity index (χ4n) is 3.59. The summed E-state index contributed by atoms with van der Waals surface area (Å²) in [6.45, 7) is 4.75. The van der Waals surface area contributed by atoms with Crippen LogP contribution in [0.15, 0.2) is 47.3 Å². The Morgan fingerprint density at radius 2 is 1.61 bits per heavy atom. The monoisotopic (exact) mass is 399 g/mol.